The van der Waals surface area contributed by atoms with Crippen LogP contribution in [0.2, 0.25) is 0 Å². The summed E-state index contributed by atoms with van der Waals surface area (Å²) in [7, 11) is -3.97. The van der Waals surface area contributed by atoms with Gasteiger partial charge in [0.1, 0.15) is 11.5 Å². The Balaban J connectivity index is 1.79. The maximum Gasteiger partial charge on any atom is 0.471 e. The Morgan fingerprint density at radius 2 is 1.65 bits per heavy atom. The highest BCUT2D eigenvalue weighted by molar-refractivity contribution is 7.91. The third kappa shape index (κ3) is 6.67. The Labute approximate surface area is 211 Å². The van der Waals surface area contributed by atoms with E-state index in [2.05, 4.69) is 0 Å². The summed E-state index contributed by atoms with van der Waals surface area (Å²) in [5.41, 5.74) is 1.10. The largest absolute Gasteiger partial charge is 0.478 e. The summed E-state index contributed by atoms with van der Waals surface area (Å²) in [5, 5.41) is 11.3. The Bertz CT molecular complexity index is 1400. The van der Waals surface area contributed by atoms with Gasteiger partial charge in [-0.1, -0.05) is 31.2 Å². The summed E-state index contributed by atoms with van der Waals surface area (Å²) < 4.78 is 69.5. The molecule has 1 amide bonds. The van der Waals surface area contributed by atoms with Gasteiger partial charge in [-0.25, -0.2) is 13.2 Å². The zero-order chi connectivity index (χ0) is 27.4. The zero-order valence-corrected chi connectivity index (χ0v) is 20.7. The average Bonchev–Trinajstić information content (AvgIpc) is 2.83. The van der Waals surface area contributed by atoms with Crippen molar-refractivity contribution in [3.8, 4) is 11.5 Å². The number of carboxylic acids is 1. The van der Waals surface area contributed by atoms with Crippen molar-refractivity contribution in [1.82, 2.24) is 5.32 Å². The van der Waals surface area contributed by atoms with Gasteiger partial charge in [0.2, 0.25) is 9.84 Å². The van der Waals surface area contributed by atoms with Crippen LogP contribution in [-0.4, -0.2) is 37.6 Å². The summed E-state index contributed by atoms with van der Waals surface area (Å²) >= 11 is 0. The van der Waals surface area contributed by atoms with E-state index in [1.165, 1.54) is 61.5 Å². The van der Waals surface area contributed by atoms with Crippen LogP contribution in [0.5, 0.6) is 11.5 Å². The Hall–Kier alpha value is -3.86. The average molecular weight is 536 g/mol. The molecule has 0 aromatic heterocycles. The monoisotopic (exact) mass is 535 g/mol. The van der Waals surface area contributed by atoms with Crippen LogP contribution >= 0.6 is 0 Å². The van der Waals surface area contributed by atoms with Crippen LogP contribution in [-0.2, 0) is 27.5 Å². The Morgan fingerprint density at radius 1 is 1.00 bits per heavy atom. The normalized spacial score (nSPS) is 12.6. The van der Waals surface area contributed by atoms with E-state index in [-0.39, 0.29) is 27.5 Å². The quantitative estimate of drug-likeness (QED) is 0.391. The molecule has 0 aliphatic heterocycles. The standard InChI is InChI=1S/C26H24F3NO6S/c1-3-21-22(24(31)32)8-5-9-23(21)36-18-6-4-7-20(15-18)37(34,35)19-12-10-17(11-13-19)14-16(2)30-25(33)26(27,28)29/h4-13,15-16H,3,14H2,1-2H3,(H,30,33)(H,31,32). The molecule has 37 heavy (non-hydrogen) atoms. The number of aromatic carboxylic acids is 1. The second kappa shape index (κ2) is 11.0. The van der Waals surface area contributed by atoms with Crippen LogP contribution in [0.1, 0.15) is 35.3 Å². The number of hydrogen-bond acceptors (Lipinski definition) is 5. The molecule has 0 saturated heterocycles. The van der Waals surface area contributed by atoms with Crippen molar-refractivity contribution in [1.29, 1.82) is 0 Å². The fraction of sp³-hybridized carbons (Fsp3) is 0.231. The molecular weight excluding hydrogens is 511 g/mol. The predicted octanol–water partition coefficient (Wildman–Crippen LogP) is 5.18. The molecule has 0 saturated carbocycles. The van der Waals surface area contributed by atoms with Crippen LogP contribution < -0.4 is 10.1 Å². The minimum atomic E-state index is -4.98. The summed E-state index contributed by atoms with van der Waals surface area (Å²) in [6, 6.07) is 15.1. The number of halogens is 3. The molecule has 196 valence electrons. The third-order valence-electron chi connectivity index (χ3n) is 5.47. The highest BCUT2D eigenvalue weighted by atomic mass is 32.2. The molecule has 11 heteroatoms. The Morgan fingerprint density at radius 3 is 2.24 bits per heavy atom. The minimum Gasteiger partial charge on any atom is -0.478 e. The predicted molar refractivity (Wildman–Crippen MR) is 129 cm³/mol. The molecule has 2 N–H and O–H groups in total. The molecule has 3 rings (SSSR count). The number of hydrogen-bond donors (Lipinski definition) is 2. The highest BCUT2D eigenvalue weighted by Gasteiger charge is 2.39. The number of sulfone groups is 1. The van der Waals surface area contributed by atoms with Crippen LogP contribution in [0.25, 0.3) is 0 Å². The highest BCUT2D eigenvalue weighted by Crippen LogP contribution is 2.31. The number of nitrogens with one attached hydrogen (secondary N) is 1. The fourth-order valence-electron chi connectivity index (χ4n) is 3.71. The summed E-state index contributed by atoms with van der Waals surface area (Å²) in [5.74, 6) is -2.64. The van der Waals surface area contributed by atoms with E-state index in [1.54, 1.807) is 19.1 Å². The van der Waals surface area contributed by atoms with Crippen molar-refractivity contribution >= 4 is 21.7 Å². The van der Waals surface area contributed by atoms with E-state index in [0.29, 0.717) is 23.3 Å². The number of carbonyl (C=O) groups is 2. The molecule has 3 aromatic rings. The number of amides is 1. The van der Waals surface area contributed by atoms with Gasteiger partial charge in [0.25, 0.3) is 0 Å². The van der Waals surface area contributed by atoms with Crippen molar-refractivity contribution in [2.75, 3.05) is 0 Å². The summed E-state index contributed by atoms with van der Waals surface area (Å²) in [4.78, 5) is 22.5. The topological polar surface area (TPSA) is 110 Å². The molecule has 7 nitrogen and oxygen atoms in total. The van der Waals surface area contributed by atoms with Crippen LogP contribution in [0.15, 0.2) is 76.5 Å². The maximum absolute atomic E-state index is 13.2. The van der Waals surface area contributed by atoms with Crippen molar-refractivity contribution in [2.24, 2.45) is 0 Å². The van der Waals surface area contributed by atoms with E-state index in [4.69, 9.17) is 4.74 Å². The molecule has 1 unspecified atom stereocenters. The van der Waals surface area contributed by atoms with Crippen molar-refractivity contribution in [3.63, 3.8) is 0 Å². The minimum absolute atomic E-state index is 0.0394. The molecular formula is C26H24F3NO6S. The van der Waals surface area contributed by atoms with Crippen molar-refractivity contribution in [2.45, 2.75) is 48.7 Å². The third-order valence-corrected chi connectivity index (χ3v) is 7.24. The first-order valence-corrected chi connectivity index (χ1v) is 12.7. The van der Waals surface area contributed by atoms with Gasteiger partial charge in [-0.2, -0.15) is 13.2 Å². The van der Waals surface area contributed by atoms with Crippen molar-refractivity contribution in [3.05, 3.63) is 83.4 Å². The van der Waals surface area contributed by atoms with E-state index in [0.717, 1.165) is 0 Å². The second-order valence-electron chi connectivity index (χ2n) is 8.24. The maximum atomic E-state index is 13.2. The number of carboxylic acid groups (broad SMARTS) is 1. The van der Waals surface area contributed by atoms with Crippen LogP contribution in [0.3, 0.4) is 0 Å². The molecule has 0 spiro atoms. The number of ether oxygens (including phenoxy) is 1. The SMILES string of the molecule is CCc1c(Oc2cccc(S(=O)(=O)c3ccc(CC(C)NC(=O)C(F)(F)F)cc3)c2)cccc1C(=O)O. The van der Waals surface area contributed by atoms with E-state index >= 15 is 0 Å². The van der Waals surface area contributed by atoms with Crippen LogP contribution in [0.4, 0.5) is 13.2 Å². The molecule has 0 aliphatic rings. The lowest BCUT2D eigenvalue weighted by atomic mass is 10.0. The number of alkyl halides is 3. The molecule has 0 heterocycles. The van der Waals surface area contributed by atoms with Gasteiger partial charge in [0.15, 0.2) is 0 Å². The number of rotatable bonds is 9. The van der Waals surface area contributed by atoms with E-state index < -0.39 is 33.9 Å². The fourth-order valence-corrected chi connectivity index (χ4v) is 5.00. The lowest BCUT2D eigenvalue weighted by Crippen LogP contribution is -2.42. The van der Waals surface area contributed by atoms with Gasteiger partial charge in [0, 0.05) is 11.6 Å². The van der Waals surface area contributed by atoms with Gasteiger partial charge in [0.05, 0.1) is 15.4 Å². The first kappa shape index (κ1) is 27.7. The number of benzene rings is 3. The van der Waals surface area contributed by atoms with E-state index in [1.807, 2.05) is 5.32 Å². The second-order valence-corrected chi connectivity index (χ2v) is 10.2. The Kier molecular flexibility index (Phi) is 8.27. The van der Waals surface area contributed by atoms with Crippen molar-refractivity contribution < 1.29 is 41.0 Å². The first-order chi connectivity index (χ1) is 17.3. The smallest absolute Gasteiger partial charge is 0.471 e. The van der Waals surface area contributed by atoms with Gasteiger partial charge >= 0.3 is 18.1 Å². The first-order valence-electron chi connectivity index (χ1n) is 11.2. The molecule has 0 radical (unpaired) electrons. The molecule has 3 aromatic carbocycles. The molecule has 0 bridgehead atoms. The zero-order valence-electron chi connectivity index (χ0n) is 19.9. The van der Waals surface area contributed by atoms with Gasteiger partial charge < -0.3 is 15.2 Å². The summed E-state index contributed by atoms with van der Waals surface area (Å²) in [6.07, 6.45) is -4.52. The number of carbonyl (C=O) groups excluding carboxylic acids is 1. The lowest BCUT2D eigenvalue weighted by Gasteiger charge is -2.15. The molecule has 0 fully saturated rings. The van der Waals surface area contributed by atoms with Gasteiger partial charge in [-0.15, -0.1) is 0 Å². The molecule has 1 atom stereocenters. The van der Waals surface area contributed by atoms with Crippen LogP contribution in [0, 0.1) is 0 Å². The lowest BCUT2D eigenvalue weighted by molar-refractivity contribution is -0.174. The van der Waals surface area contributed by atoms with Gasteiger partial charge in [-0.05, 0) is 67.8 Å². The van der Waals surface area contributed by atoms with E-state index in [9.17, 15) is 36.3 Å². The summed E-state index contributed by atoms with van der Waals surface area (Å²) in [6.45, 7) is 3.19. The van der Waals surface area contributed by atoms with Gasteiger partial charge in [-0.3, -0.25) is 4.79 Å². The molecule has 0 aliphatic carbocycles.